The zero-order valence-electron chi connectivity index (χ0n) is 18.4. The van der Waals surface area contributed by atoms with E-state index in [1.807, 2.05) is 17.0 Å². The highest BCUT2D eigenvalue weighted by atomic mass is 16.6. The molecule has 2 aliphatic heterocycles. The van der Waals surface area contributed by atoms with Crippen molar-refractivity contribution in [1.82, 2.24) is 4.90 Å². The minimum absolute atomic E-state index is 0.0876. The molecule has 1 saturated heterocycles. The molecule has 2 bridgehead atoms. The minimum atomic E-state index is -0.192. The molecule has 162 valence electrons. The first kappa shape index (κ1) is 19.9. The Balaban J connectivity index is 1.19. The molecule has 3 aliphatic rings. The molecule has 0 aromatic heterocycles. The summed E-state index contributed by atoms with van der Waals surface area (Å²) in [6.07, 6.45) is 10.4. The van der Waals surface area contributed by atoms with Crippen LogP contribution < -0.4 is 0 Å². The second kappa shape index (κ2) is 7.98. The Morgan fingerprint density at radius 3 is 2.24 bits per heavy atom. The van der Waals surface area contributed by atoms with Gasteiger partial charge in [-0.2, -0.15) is 0 Å². The molecule has 2 heterocycles. The maximum atomic E-state index is 13.2. The molecule has 1 aliphatic carbocycles. The Morgan fingerprint density at radius 1 is 0.939 bits per heavy atom. The fourth-order valence-corrected chi connectivity index (χ4v) is 5.78. The van der Waals surface area contributed by atoms with E-state index in [1.54, 1.807) is 0 Å². The van der Waals surface area contributed by atoms with Crippen LogP contribution in [-0.2, 0) is 4.74 Å². The van der Waals surface area contributed by atoms with Crippen molar-refractivity contribution in [2.24, 2.45) is 0 Å². The Morgan fingerprint density at radius 2 is 1.61 bits per heavy atom. The summed E-state index contributed by atoms with van der Waals surface area (Å²) in [6.45, 7) is 0.368. The smallest absolute Gasteiger partial charge is 0.410 e. The van der Waals surface area contributed by atoms with Crippen LogP contribution in [0, 0.1) is 12.3 Å². The van der Waals surface area contributed by atoms with E-state index in [4.69, 9.17) is 11.2 Å². The van der Waals surface area contributed by atoms with Crippen molar-refractivity contribution in [1.29, 1.82) is 0 Å². The quantitative estimate of drug-likeness (QED) is 0.460. The van der Waals surface area contributed by atoms with Crippen LogP contribution in [0.4, 0.5) is 4.79 Å². The minimum Gasteiger partial charge on any atom is -0.448 e. The highest BCUT2D eigenvalue weighted by molar-refractivity contribution is 5.79. The van der Waals surface area contributed by atoms with Gasteiger partial charge in [0.1, 0.15) is 6.61 Å². The fourth-order valence-electron chi connectivity index (χ4n) is 5.78. The molecule has 2 unspecified atom stereocenters. The zero-order chi connectivity index (χ0) is 22.4. The van der Waals surface area contributed by atoms with Gasteiger partial charge in [0.15, 0.2) is 0 Å². The monoisotopic (exact) mass is 431 g/mol. The largest absolute Gasteiger partial charge is 0.448 e. The number of carbonyl (C=O) groups excluding carboxylic acids is 1. The van der Waals surface area contributed by atoms with Gasteiger partial charge in [0, 0.05) is 17.5 Å². The van der Waals surface area contributed by atoms with Gasteiger partial charge in [0.25, 0.3) is 0 Å². The first-order valence-electron chi connectivity index (χ1n) is 11.6. The van der Waals surface area contributed by atoms with E-state index in [1.165, 1.54) is 33.4 Å². The fraction of sp³-hybridized carbons (Fsp3) is 0.233. The Kier molecular flexibility index (Phi) is 4.80. The lowest BCUT2D eigenvalue weighted by atomic mass is 9.94. The standard InChI is InChI=1S/C30H25NO2/c1-2-20-11-13-21(14-12-20)22-17-23-15-16-24(18-22)31(23)30(32)33-19-29-27-9-5-3-7-25(27)26-8-4-6-10-28(26)29/h1,3-14,17,23-24,29H,15-16,18-19H2. The highest BCUT2D eigenvalue weighted by Crippen LogP contribution is 2.45. The van der Waals surface area contributed by atoms with Gasteiger partial charge in [0.2, 0.25) is 0 Å². The van der Waals surface area contributed by atoms with E-state index in [9.17, 15) is 4.79 Å². The summed E-state index contributed by atoms with van der Waals surface area (Å²) in [4.78, 5) is 15.2. The van der Waals surface area contributed by atoms with Crippen molar-refractivity contribution in [2.45, 2.75) is 37.3 Å². The molecule has 3 nitrogen and oxygen atoms in total. The third-order valence-electron chi connectivity index (χ3n) is 7.36. The number of nitrogens with zero attached hydrogens (tertiary/aromatic N) is 1. The topological polar surface area (TPSA) is 29.5 Å². The number of hydrogen-bond acceptors (Lipinski definition) is 2. The third-order valence-corrected chi connectivity index (χ3v) is 7.36. The predicted octanol–water partition coefficient (Wildman–Crippen LogP) is 6.24. The number of amides is 1. The van der Waals surface area contributed by atoms with Crippen LogP contribution in [0.1, 0.15) is 47.4 Å². The van der Waals surface area contributed by atoms with Crippen LogP contribution in [0.5, 0.6) is 0 Å². The Labute approximate surface area is 194 Å². The second-order valence-corrected chi connectivity index (χ2v) is 9.13. The maximum Gasteiger partial charge on any atom is 0.410 e. The van der Waals surface area contributed by atoms with Crippen LogP contribution in [0.2, 0.25) is 0 Å². The van der Waals surface area contributed by atoms with Gasteiger partial charge in [-0.3, -0.25) is 4.90 Å². The lowest BCUT2D eigenvalue weighted by Crippen LogP contribution is -2.43. The molecule has 33 heavy (non-hydrogen) atoms. The average molecular weight is 432 g/mol. The van der Waals surface area contributed by atoms with Crippen molar-refractivity contribution in [3.8, 4) is 23.5 Å². The summed E-state index contributed by atoms with van der Waals surface area (Å²) in [5.74, 6) is 2.76. The average Bonchev–Trinajstić information content (AvgIpc) is 3.33. The second-order valence-electron chi connectivity index (χ2n) is 9.13. The Hall–Kier alpha value is -3.77. The van der Waals surface area contributed by atoms with E-state index < -0.39 is 0 Å². The number of hydrogen-bond donors (Lipinski definition) is 0. The Bertz CT molecular complexity index is 1250. The van der Waals surface area contributed by atoms with Crippen molar-refractivity contribution >= 4 is 11.7 Å². The molecule has 3 aromatic carbocycles. The number of benzene rings is 3. The lowest BCUT2D eigenvalue weighted by molar-refractivity contribution is 0.0866. The summed E-state index contributed by atoms with van der Waals surface area (Å²) >= 11 is 0. The molecular weight excluding hydrogens is 406 g/mol. The number of fused-ring (bicyclic) bond motifs is 5. The van der Waals surface area contributed by atoms with Gasteiger partial charge in [-0.1, -0.05) is 72.7 Å². The van der Waals surface area contributed by atoms with Gasteiger partial charge in [-0.05, 0) is 64.8 Å². The normalized spacial score (nSPS) is 20.6. The van der Waals surface area contributed by atoms with Crippen LogP contribution in [-0.4, -0.2) is 29.7 Å². The summed E-state index contributed by atoms with van der Waals surface area (Å²) in [6, 6.07) is 25.3. The van der Waals surface area contributed by atoms with Crippen molar-refractivity contribution in [3.05, 3.63) is 101 Å². The van der Waals surface area contributed by atoms with Crippen LogP contribution in [0.3, 0.4) is 0 Å². The van der Waals surface area contributed by atoms with Crippen molar-refractivity contribution in [3.63, 3.8) is 0 Å². The molecule has 6 rings (SSSR count). The van der Waals surface area contributed by atoms with Gasteiger partial charge >= 0.3 is 6.09 Å². The SMILES string of the molecule is C#Cc1ccc(C2=CC3CCC(C2)N3C(=O)OCC2c3ccccc3-c3ccccc32)cc1. The van der Waals surface area contributed by atoms with Gasteiger partial charge in [-0.15, -0.1) is 6.42 Å². The highest BCUT2D eigenvalue weighted by Gasteiger charge is 2.41. The first-order chi connectivity index (χ1) is 16.2. The first-order valence-corrected chi connectivity index (χ1v) is 11.6. The lowest BCUT2D eigenvalue weighted by Gasteiger charge is -2.33. The molecule has 0 N–H and O–H groups in total. The number of carbonyl (C=O) groups is 1. The summed E-state index contributed by atoms with van der Waals surface area (Å²) < 4.78 is 5.97. The van der Waals surface area contributed by atoms with Crippen molar-refractivity contribution < 1.29 is 9.53 Å². The van der Waals surface area contributed by atoms with E-state index >= 15 is 0 Å². The van der Waals surface area contributed by atoms with Crippen LogP contribution in [0.25, 0.3) is 16.7 Å². The molecule has 0 saturated carbocycles. The van der Waals surface area contributed by atoms with E-state index in [2.05, 4.69) is 72.7 Å². The molecule has 0 spiro atoms. The maximum absolute atomic E-state index is 13.2. The molecule has 1 fully saturated rings. The summed E-state index contributed by atoms with van der Waals surface area (Å²) in [5.41, 5.74) is 8.35. The number of terminal acetylenes is 1. The molecule has 2 atom stereocenters. The van der Waals surface area contributed by atoms with Gasteiger partial charge in [-0.25, -0.2) is 4.79 Å². The van der Waals surface area contributed by atoms with Crippen LogP contribution in [0.15, 0.2) is 78.9 Å². The molecule has 3 heteroatoms. The summed E-state index contributed by atoms with van der Waals surface area (Å²) in [5, 5.41) is 0. The number of rotatable bonds is 3. The molecule has 3 aromatic rings. The van der Waals surface area contributed by atoms with Crippen molar-refractivity contribution in [2.75, 3.05) is 6.61 Å². The number of ether oxygens (including phenoxy) is 1. The van der Waals surface area contributed by atoms with Gasteiger partial charge in [0.05, 0.1) is 6.04 Å². The van der Waals surface area contributed by atoms with E-state index in [0.29, 0.717) is 6.61 Å². The van der Waals surface area contributed by atoms with Gasteiger partial charge < -0.3 is 4.74 Å². The van der Waals surface area contributed by atoms with E-state index in [0.717, 1.165) is 24.8 Å². The molecule has 0 radical (unpaired) electrons. The van der Waals surface area contributed by atoms with Crippen LogP contribution >= 0.6 is 0 Å². The zero-order valence-corrected chi connectivity index (χ0v) is 18.4. The molecule has 1 amide bonds. The molecular formula is C30H25NO2. The predicted molar refractivity (Wildman–Crippen MR) is 131 cm³/mol. The third kappa shape index (κ3) is 3.34. The summed E-state index contributed by atoms with van der Waals surface area (Å²) in [7, 11) is 0. The van der Waals surface area contributed by atoms with E-state index in [-0.39, 0.29) is 24.1 Å².